The summed E-state index contributed by atoms with van der Waals surface area (Å²) in [4.78, 5) is 12.6. The lowest BCUT2D eigenvalue weighted by atomic mass is 9.97. The van der Waals surface area contributed by atoms with Crippen LogP contribution in [0, 0.1) is 12.3 Å². The van der Waals surface area contributed by atoms with Crippen LogP contribution in [0.1, 0.15) is 37.9 Å². The summed E-state index contributed by atoms with van der Waals surface area (Å²) in [5, 5.41) is 0. The Morgan fingerprint density at radius 3 is 2.27 bits per heavy atom. The van der Waals surface area contributed by atoms with E-state index in [1.54, 1.807) is 32.9 Å². The van der Waals surface area contributed by atoms with Crippen molar-refractivity contribution in [3.8, 4) is 0 Å². The normalized spacial score (nSPS) is 13.8. The summed E-state index contributed by atoms with van der Waals surface area (Å²) in [5.41, 5.74) is 4.14. The van der Waals surface area contributed by atoms with Gasteiger partial charge in [-0.05, 0) is 45.4 Å². The van der Waals surface area contributed by atoms with E-state index in [0.29, 0.717) is 4.90 Å². The van der Waals surface area contributed by atoms with Gasteiger partial charge in [-0.2, -0.15) is 9.76 Å². The highest BCUT2D eigenvalue weighted by molar-refractivity contribution is 7.80. The summed E-state index contributed by atoms with van der Waals surface area (Å²) < 4.78 is 23.0. The van der Waals surface area contributed by atoms with Crippen LogP contribution >= 0.6 is 0 Å². The predicted molar refractivity (Wildman–Crippen MR) is 101 cm³/mol. The Balaban J connectivity index is 2.03. The molecule has 1 N–H and O–H groups in total. The molecule has 0 aromatic heterocycles. The number of nitrogens with one attached hydrogen (secondary N) is 1. The third-order valence-electron chi connectivity index (χ3n) is 3.67. The molecule has 2 atom stereocenters. The number of hydrogen-bond donors (Lipinski definition) is 1. The average molecular weight is 375 g/mol. The lowest BCUT2D eigenvalue weighted by molar-refractivity contribution is -0.154. The highest BCUT2D eigenvalue weighted by Gasteiger charge is 2.25. The molecule has 5 nitrogen and oxygen atoms in total. The van der Waals surface area contributed by atoms with E-state index < -0.39 is 22.5 Å². The molecule has 0 aliphatic heterocycles. The summed E-state index contributed by atoms with van der Waals surface area (Å²) in [6, 6.07) is 16.3. The molecule has 0 saturated carbocycles. The summed E-state index contributed by atoms with van der Waals surface area (Å²) in [7, 11) is 0. The van der Waals surface area contributed by atoms with E-state index in [-0.39, 0.29) is 12.6 Å². The van der Waals surface area contributed by atoms with Crippen molar-refractivity contribution in [1.29, 1.82) is 0 Å². The Labute approximate surface area is 157 Å². The van der Waals surface area contributed by atoms with Crippen LogP contribution in [0.15, 0.2) is 59.5 Å². The topological polar surface area (TPSA) is 64.6 Å². The molecule has 0 radical (unpaired) electrons. The first-order valence-electron chi connectivity index (χ1n) is 8.41. The van der Waals surface area contributed by atoms with Crippen LogP contribution in [0.4, 0.5) is 0 Å². The van der Waals surface area contributed by atoms with E-state index in [1.807, 2.05) is 49.4 Å². The van der Waals surface area contributed by atoms with Crippen molar-refractivity contribution >= 4 is 17.0 Å². The molecule has 0 aliphatic rings. The number of aryl methyl sites for hydroxylation is 1. The van der Waals surface area contributed by atoms with Gasteiger partial charge in [0.15, 0.2) is 0 Å². The first-order chi connectivity index (χ1) is 12.3. The average Bonchev–Trinajstić information content (AvgIpc) is 2.61. The molecule has 1 unspecified atom stereocenters. The molecule has 2 aromatic carbocycles. The van der Waals surface area contributed by atoms with E-state index in [1.165, 1.54) is 0 Å². The maximum Gasteiger partial charge on any atom is 0.311 e. The van der Waals surface area contributed by atoms with Crippen LogP contribution in [0.3, 0.4) is 0 Å². The van der Waals surface area contributed by atoms with Gasteiger partial charge in [-0.15, -0.1) is 0 Å². The van der Waals surface area contributed by atoms with Gasteiger partial charge < -0.3 is 4.74 Å². The monoisotopic (exact) mass is 375 g/mol. The van der Waals surface area contributed by atoms with Crippen molar-refractivity contribution in [2.75, 3.05) is 6.61 Å². The lowest BCUT2D eigenvalue weighted by Crippen LogP contribution is -2.31. The predicted octanol–water partition coefficient (Wildman–Crippen LogP) is 3.87. The van der Waals surface area contributed by atoms with Gasteiger partial charge in [0, 0.05) is 0 Å². The smallest absolute Gasteiger partial charge is 0.311 e. The number of carbonyl (C=O) groups excluding carboxylic acids is 1. The number of carbonyl (C=O) groups is 1. The SMILES string of the molecule is Cc1ccc(S(=O)ON[C@H](COC(=O)C(C)(C)C)c2ccccc2)cc1. The molecule has 0 heterocycles. The number of ether oxygens (including phenoxy) is 1. The zero-order chi connectivity index (χ0) is 19.2. The summed E-state index contributed by atoms with van der Waals surface area (Å²) in [6.07, 6.45) is 0. The van der Waals surface area contributed by atoms with Crippen LogP contribution in [-0.2, 0) is 24.9 Å². The van der Waals surface area contributed by atoms with Crippen LogP contribution in [0.5, 0.6) is 0 Å². The first-order valence-corrected chi connectivity index (χ1v) is 9.48. The number of esters is 1. The molecule has 0 amide bonds. The minimum absolute atomic E-state index is 0.0746. The molecule has 0 fully saturated rings. The Kier molecular flexibility index (Phi) is 7.08. The zero-order valence-electron chi connectivity index (χ0n) is 15.5. The van der Waals surface area contributed by atoms with E-state index >= 15 is 0 Å². The maximum absolute atomic E-state index is 12.3. The second-order valence-corrected chi connectivity index (χ2v) is 8.17. The molecule has 140 valence electrons. The van der Waals surface area contributed by atoms with Crippen LogP contribution in [0.25, 0.3) is 0 Å². The van der Waals surface area contributed by atoms with Crippen molar-refractivity contribution in [3.63, 3.8) is 0 Å². The quantitative estimate of drug-likeness (QED) is 0.588. The highest BCUT2D eigenvalue weighted by atomic mass is 32.2. The third kappa shape index (κ3) is 6.05. The molecule has 0 spiro atoms. The summed E-state index contributed by atoms with van der Waals surface area (Å²) in [5.74, 6) is -0.306. The van der Waals surface area contributed by atoms with Crippen LogP contribution in [0.2, 0.25) is 0 Å². The Bertz CT molecular complexity index is 739. The molecule has 6 heteroatoms. The van der Waals surface area contributed by atoms with Crippen molar-refractivity contribution < 1.29 is 18.0 Å². The summed E-state index contributed by atoms with van der Waals surface area (Å²) >= 11 is -1.67. The van der Waals surface area contributed by atoms with Gasteiger partial charge >= 0.3 is 5.97 Å². The van der Waals surface area contributed by atoms with Crippen LogP contribution < -0.4 is 5.48 Å². The van der Waals surface area contributed by atoms with E-state index in [4.69, 9.17) is 9.02 Å². The molecular weight excluding hydrogens is 350 g/mol. The Morgan fingerprint density at radius 2 is 1.69 bits per heavy atom. The van der Waals surface area contributed by atoms with Gasteiger partial charge in [0.1, 0.15) is 6.61 Å². The van der Waals surface area contributed by atoms with Crippen molar-refractivity contribution in [2.45, 2.75) is 38.6 Å². The third-order valence-corrected chi connectivity index (χ3v) is 4.58. The number of rotatable bonds is 7. The van der Waals surface area contributed by atoms with E-state index in [2.05, 4.69) is 5.48 Å². The lowest BCUT2D eigenvalue weighted by Gasteiger charge is -2.21. The van der Waals surface area contributed by atoms with Gasteiger partial charge in [-0.25, -0.2) is 4.21 Å². The molecule has 0 saturated heterocycles. The molecule has 0 aliphatic carbocycles. The molecule has 2 rings (SSSR count). The largest absolute Gasteiger partial charge is 0.463 e. The Morgan fingerprint density at radius 1 is 1.08 bits per heavy atom. The van der Waals surface area contributed by atoms with E-state index in [9.17, 15) is 9.00 Å². The fourth-order valence-electron chi connectivity index (χ4n) is 2.06. The summed E-state index contributed by atoms with van der Waals surface area (Å²) in [6.45, 7) is 7.42. The number of hydrogen-bond acceptors (Lipinski definition) is 5. The van der Waals surface area contributed by atoms with Gasteiger partial charge in [-0.3, -0.25) is 4.79 Å². The number of benzene rings is 2. The molecule has 0 bridgehead atoms. The first kappa shape index (κ1) is 20.3. The molecular formula is C20H25NO4S. The van der Waals surface area contributed by atoms with Crippen molar-refractivity contribution in [2.24, 2.45) is 5.41 Å². The minimum atomic E-state index is -1.67. The van der Waals surface area contributed by atoms with Crippen molar-refractivity contribution in [1.82, 2.24) is 5.48 Å². The Hall–Kier alpha value is -2.02. The van der Waals surface area contributed by atoms with Gasteiger partial charge in [0.05, 0.1) is 16.4 Å². The van der Waals surface area contributed by atoms with Gasteiger partial charge in [-0.1, -0.05) is 48.0 Å². The molecule has 2 aromatic rings. The maximum atomic E-state index is 12.3. The van der Waals surface area contributed by atoms with Crippen molar-refractivity contribution in [3.05, 3.63) is 65.7 Å². The standard InChI is InChI=1S/C20H25NO4S/c1-15-10-12-17(13-11-15)26(23)25-21-18(16-8-6-5-7-9-16)14-24-19(22)20(2,3)4/h5-13,18,21H,14H2,1-4H3/t18-,26?/m1/s1. The fourth-order valence-corrected chi connectivity index (χ4v) is 2.72. The van der Waals surface area contributed by atoms with E-state index in [0.717, 1.165) is 11.1 Å². The van der Waals surface area contributed by atoms with Gasteiger partial charge in [0.25, 0.3) is 0 Å². The van der Waals surface area contributed by atoms with Gasteiger partial charge in [0.2, 0.25) is 11.1 Å². The van der Waals surface area contributed by atoms with Crippen LogP contribution in [-0.4, -0.2) is 16.8 Å². The molecule has 26 heavy (non-hydrogen) atoms. The highest BCUT2D eigenvalue weighted by Crippen LogP contribution is 2.19. The fraction of sp³-hybridized carbons (Fsp3) is 0.350. The zero-order valence-corrected chi connectivity index (χ0v) is 16.3. The second-order valence-electron chi connectivity index (χ2n) is 7.06. The second kappa shape index (κ2) is 9.07. The minimum Gasteiger partial charge on any atom is -0.463 e. The number of hydroxylamine groups is 1.